The first kappa shape index (κ1) is 20.0. The Labute approximate surface area is 153 Å². The number of ether oxygens (including phenoxy) is 1. The second-order valence-corrected chi connectivity index (χ2v) is 8.50. The molecule has 0 amide bonds. The van der Waals surface area contributed by atoms with E-state index < -0.39 is 9.84 Å². The summed E-state index contributed by atoms with van der Waals surface area (Å²) in [5, 5.41) is 0. The SMILES string of the molecule is CCS(=O)(=O)c1ccc(N2CC(C)OC(C)C2)c(N=C(N)N=C(N)N)c1. The summed E-state index contributed by atoms with van der Waals surface area (Å²) in [6.07, 6.45) is 0.0642. The van der Waals surface area contributed by atoms with E-state index in [4.69, 9.17) is 21.9 Å². The number of nitrogens with two attached hydrogens (primary N) is 3. The number of morpholine rings is 1. The van der Waals surface area contributed by atoms with Gasteiger partial charge < -0.3 is 26.8 Å². The highest BCUT2D eigenvalue weighted by atomic mass is 32.2. The number of hydrogen-bond donors (Lipinski definition) is 3. The van der Waals surface area contributed by atoms with E-state index >= 15 is 0 Å². The number of rotatable bonds is 4. The lowest BCUT2D eigenvalue weighted by Gasteiger charge is -2.37. The van der Waals surface area contributed by atoms with E-state index in [1.165, 1.54) is 6.07 Å². The molecule has 1 aliphatic heterocycles. The molecule has 0 aliphatic carbocycles. The molecule has 1 fully saturated rings. The van der Waals surface area contributed by atoms with E-state index in [1.807, 2.05) is 13.8 Å². The minimum Gasteiger partial charge on any atom is -0.372 e. The van der Waals surface area contributed by atoms with Crippen LogP contribution in [0.25, 0.3) is 0 Å². The van der Waals surface area contributed by atoms with Crippen LogP contribution >= 0.6 is 0 Å². The highest BCUT2D eigenvalue weighted by molar-refractivity contribution is 7.91. The number of guanidine groups is 2. The van der Waals surface area contributed by atoms with Crippen molar-refractivity contribution in [3.8, 4) is 0 Å². The van der Waals surface area contributed by atoms with Gasteiger partial charge in [-0.1, -0.05) is 6.92 Å². The van der Waals surface area contributed by atoms with Gasteiger partial charge in [-0.2, -0.15) is 4.99 Å². The van der Waals surface area contributed by atoms with E-state index in [0.29, 0.717) is 18.8 Å². The fourth-order valence-electron chi connectivity index (χ4n) is 2.88. The van der Waals surface area contributed by atoms with Gasteiger partial charge in [0.1, 0.15) is 0 Å². The maximum Gasteiger partial charge on any atom is 0.223 e. The highest BCUT2D eigenvalue weighted by Gasteiger charge is 2.25. The molecule has 144 valence electrons. The van der Waals surface area contributed by atoms with Gasteiger partial charge in [0.05, 0.1) is 34.2 Å². The Kier molecular flexibility index (Phi) is 6.09. The number of anilines is 1. The molecular weight excluding hydrogens is 356 g/mol. The molecule has 2 atom stereocenters. The lowest BCUT2D eigenvalue weighted by molar-refractivity contribution is -0.00518. The monoisotopic (exact) mass is 382 g/mol. The van der Waals surface area contributed by atoms with Crippen LogP contribution in [0, 0.1) is 0 Å². The third kappa shape index (κ3) is 4.85. The Morgan fingerprint density at radius 1 is 1.23 bits per heavy atom. The lowest BCUT2D eigenvalue weighted by Crippen LogP contribution is -2.45. The molecule has 2 unspecified atom stereocenters. The highest BCUT2D eigenvalue weighted by Crippen LogP contribution is 2.33. The van der Waals surface area contributed by atoms with Crippen LogP contribution in [0.15, 0.2) is 33.1 Å². The summed E-state index contributed by atoms with van der Waals surface area (Å²) in [4.78, 5) is 10.2. The first-order valence-corrected chi connectivity index (χ1v) is 9.98. The average molecular weight is 382 g/mol. The summed E-state index contributed by atoms with van der Waals surface area (Å²) >= 11 is 0. The van der Waals surface area contributed by atoms with Crippen molar-refractivity contribution in [1.29, 1.82) is 0 Å². The van der Waals surface area contributed by atoms with Crippen molar-refractivity contribution in [3.05, 3.63) is 18.2 Å². The quantitative estimate of drug-likeness (QED) is 0.501. The van der Waals surface area contributed by atoms with Gasteiger partial charge in [0.2, 0.25) is 5.96 Å². The molecule has 1 aliphatic rings. The average Bonchev–Trinajstić information content (AvgIpc) is 2.53. The maximum absolute atomic E-state index is 12.2. The van der Waals surface area contributed by atoms with E-state index in [2.05, 4.69) is 14.9 Å². The molecule has 6 N–H and O–H groups in total. The Balaban J connectivity index is 2.55. The maximum atomic E-state index is 12.2. The first-order chi connectivity index (χ1) is 12.1. The van der Waals surface area contributed by atoms with Crippen LogP contribution in [-0.4, -0.2) is 51.4 Å². The van der Waals surface area contributed by atoms with Gasteiger partial charge in [-0.25, -0.2) is 13.4 Å². The van der Waals surface area contributed by atoms with Crippen LogP contribution in [0.3, 0.4) is 0 Å². The second kappa shape index (κ2) is 7.92. The molecular formula is C16H26N6O3S. The van der Waals surface area contributed by atoms with E-state index in [9.17, 15) is 8.42 Å². The molecule has 10 heteroatoms. The smallest absolute Gasteiger partial charge is 0.223 e. The summed E-state index contributed by atoms with van der Waals surface area (Å²) in [6.45, 7) is 6.85. The molecule has 26 heavy (non-hydrogen) atoms. The van der Waals surface area contributed by atoms with Crippen LogP contribution in [0.1, 0.15) is 20.8 Å². The van der Waals surface area contributed by atoms with E-state index in [1.54, 1.807) is 19.1 Å². The lowest BCUT2D eigenvalue weighted by atomic mass is 10.1. The normalized spacial score (nSPS) is 21.5. The predicted octanol–water partition coefficient (Wildman–Crippen LogP) is 0.313. The third-order valence-electron chi connectivity index (χ3n) is 3.92. The fraction of sp³-hybridized carbons (Fsp3) is 0.500. The molecule has 0 aromatic heterocycles. The van der Waals surface area contributed by atoms with E-state index in [0.717, 1.165) is 5.69 Å². The Morgan fingerprint density at radius 2 is 1.85 bits per heavy atom. The van der Waals surface area contributed by atoms with Crippen molar-refractivity contribution < 1.29 is 13.2 Å². The molecule has 1 heterocycles. The summed E-state index contributed by atoms with van der Waals surface area (Å²) < 4.78 is 30.2. The minimum absolute atomic E-state index is 0.00942. The standard InChI is InChI=1S/C16H26N6O3S/c1-4-26(23,24)12-5-6-14(22-8-10(2)25-11(3)9-22)13(7-12)20-16(19)21-15(17)18/h5-7,10-11H,4,8-9H2,1-3H3,(H6,17,18,19,20,21). The minimum atomic E-state index is -3.39. The molecule has 1 aromatic carbocycles. The predicted molar refractivity (Wildman–Crippen MR) is 103 cm³/mol. The summed E-state index contributed by atoms with van der Waals surface area (Å²) in [7, 11) is -3.39. The van der Waals surface area contributed by atoms with Gasteiger partial charge in [-0.15, -0.1) is 0 Å². The number of hydrogen-bond acceptors (Lipinski definition) is 5. The van der Waals surface area contributed by atoms with Crippen molar-refractivity contribution in [1.82, 2.24) is 0 Å². The van der Waals surface area contributed by atoms with Gasteiger partial charge in [0.15, 0.2) is 15.8 Å². The van der Waals surface area contributed by atoms with Crippen LogP contribution in [0.5, 0.6) is 0 Å². The van der Waals surface area contributed by atoms with Crippen molar-refractivity contribution in [2.45, 2.75) is 37.9 Å². The van der Waals surface area contributed by atoms with Gasteiger partial charge in [-0.05, 0) is 32.0 Å². The Bertz CT molecular complexity index is 807. The second-order valence-electron chi connectivity index (χ2n) is 6.22. The van der Waals surface area contributed by atoms with Crippen LogP contribution in [-0.2, 0) is 14.6 Å². The number of benzene rings is 1. The number of nitrogens with zero attached hydrogens (tertiary/aromatic N) is 3. The molecule has 0 spiro atoms. The Hall–Kier alpha value is -2.33. The van der Waals surface area contributed by atoms with Gasteiger partial charge in [0.25, 0.3) is 0 Å². The van der Waals surface area contributed by atoms with Crippen LogP contribution in [0.4, 0.5) is 11.4 Å². The molecule has 9 nitrogen and oxygen atoms in total. The zero-order valence-corrected chi connectivity index (χ0v) is 16.0. The molecule has 0 bridgehead atoms. The largest absolute Gasteiger partial charge is 0.372 e. The van der Waals surface area contributed by atoms with Gasteiger partial charge in [-0.3, -0.25) is 0 Å². The van der Waals surface area contributed by atoms with Gasteiger partial charge in [0, 0.05) is 13.1 Å². The van der Waals surface area contributed by atoms with Crippen molar-refractivity contribution in [3.63, 3.8) is 0 Å². The fourth-order valence-corrected chi connectivity index (χ4v) is 3.78. The number of aliphatic imine (C=N–C) groups is 2. The summed E-state index contributed by atoms with van der Waals surface area (Å²) in [5.41, 5.74) is 17.6. The molecule has 0 saturated carbocycles. The molecule has 0 radical (unpaired) electrons. The summed E-state index contributed by atoms with van der Waals surface area (Å²) in [5.74, 6) is -0.379. The van der Waals surface area contributed by atoms with Gasteiger partial charge >= 0.3 is 0 Å². The van der Waals surface area contributed by atoms with Crippen LogP contribution in [0.2, 0.25) is 0 Å². The van der Waals surface area contributed by atoms with Crippen molar-refractivity contribution in [2.75, 3.05) is 23.7 Å². The summed E-state index contributed by atoms with van der Waals surface area (Å²) in [6, 6.07) is 4.80. The Morgan fingerprint density at radius 3 is 2.38 bits per heavy atom. The molecule has 1 aromatic rings. The van der Waals surface area contributed by atoms with E-state index in [-0.39, 0.29) is 34.8 Å². The molecule has 1 saturated heterocycles. The van der Waals surface area contributed by atoms with Crippen molar-refractivity contribution >= 4 is 33.1 Å². The molecule has 2 rings (SSSR count). The third-order valence-corrected chi connectivity index (χ3v) is 5.66. The zero-order valence-electron chi connectivity index (χ0n) is 15.2. The first-order valence-electron chi connectivity index (χ1n) is 8.33. The number of sulfone groups is 1. The zero-order chi connectivity index (χ0) is 19.5. The topological polar surface area (TPSA) is 149 Å². The van der Waals surface area contributed by atoms with Crippen molar-refractivity contribution in [2.24, 2.45) is 27.2 Å². The van der Waals surface area contributed by atoms with Crippen LogP contribution < -0.4 is 22.1 Å².